The zero-order valence-electron chi connectivity index (χ0n) is 22.3. The summed E-state index contributed by atoms with van der Waals surface area (Å²) in [6.07, 6.45) is 16.6. The normalized spacial score (nSPS) is 47.4. The predicted molar refractivity (Wildman–Crippen MR) is 136 cm³/mol. The molecule has 7 rings (SSSR count). The lowest BCUT2D eigenvalue weighted by Crippen LogP contribution is -2.76. The summed E-state index contributed by atoms with van der Waals surface area (Å²) < 4.78 is 25.9. The Bertz CT molecular complexity index is 971. The molecule has 0 aliphatic carbocycles. The van der Waals surface area contributed by atoms with E-state index in [1.54, 1.807) is 0 Å². The number of rotatable bonds is 2. The van der Waals surface area contributed by atoms with Gasteiger partial charge < -0.3 is 18.3 Å². The number of ether oxygens (including phenoxy) is 2. The molecule has 0 spiro atoms. The Hall–Kier alpha value is -1.60. The summed E-state index contributed by atoms with van der Waals surface area (Å²) in [5.41, 5.74) is 1.87. The number of piperidine rings is 4. The van der Waals surface area contributed by atoms with Crippen molar-refractivity contribution in [2.24, 2.45) is 11.8 Å². The van der Waals surface area contributed by atoms with E-state index in [0.717, 1.165) is 38.5 Å². The molecule has 6 heteroatoms. The van der Waals surface area contributed by atoms with Crippen molar-refractivity contribution < 1.29 is 18.3 Å². The molecule has 6 nitrogen and oxygen atoms in total. The van der Waals surface area contributed by atoms with Gasteiger partial charge in [-0.2, -0.15) is 0 Å². The zero-order chi connectivity index (χ0) is 24.7. The van der Waals surface area contributed by atoms with Gasteiger partial charge in [-0.05, 0) is 89.2 Å². The molecule has 2 aromatic heterocycles. The topological polar surface area (TPSA) is 51.2 Å². The summed E-state index contributed by atoms with van der Waals surface area (Å²) in [5, 5.41) is 0. The molecule has 5 aliphatic rings. The number of hydrogen-bond acceptors (Lipinski definition) is 6. The Morgan fingerprint density at radius 1 is 0.667 bits per heavy atom. The maximum absolute atomic E-state index is 7.39. The zero-order valence-corrected chi connectivity index (χ0v) is 22.3. The third kappa shape index (κ3) is 3.44. The first kappa shape index (κ1) is 23.5. The van der Waals surface area contributed by atoms with Crippen molar-refractivity contribution in [1.82, 2.24) is 9.80 Å². The molecule has 36 heavy (non-hydrogen) atoms. The average Bonchev–Trinajstić information content (AvgIpc) is 3.58. The number of furan rings is 2. The molecule has 0 radical (unpaired) electrons. The Labute approximate surface area is 215 Å². The molecule has 5 fully saturated rings. The van der Waals surface area contributed by atoms with E-state index in [0.29, 0.717) is 36.0 Å². The van der Waals surface area contributed by atoms with Gasteiger partial charge in [0.1, 0.15) is 23.7 Å². The van der Waals surface area contributed by atoms with Gasteiger partial charge in [-0.25, -0.2) is 0 Å². The van der Waals surface area contributed by atoms with E-state index >= 15 is 0 Å². The molecule has 0 unspecified atom stereocenters. The second kappa shape index (κ2) is 8.45. The molecule has 10 atom stereocenters. The summed E-state index contributed by atoms with van der Waals surface area (Å²) in [4.78, 5) is 5.39. The Kier molecular flexibility index (Phi) is 5.52. The van der Waals surface area contributed by atoms with Crippen LogP contribution in [-0.4, -0.2) is 45.5 Å². The molecule has 0 aromatic carbocycles. The van der Waals surface area contributed by atoms with Crippen molar-refractivity contribution in [3.05, 3.63) is 48.3 Å². The molecule has 5 aliphatic heterocycles. The van der Waals surface area contributed by atoms with Crippen molar-refractivity contribution >= 4 is 0 Å². The van der Waals surface area contributed by atoms with Crippen LogP contribution in [0.2, 0.25) is 0 Å². The van der Waals surface area contributed by atoms with E-state index in [2.05, 4.69) is 49.6 Å². The van der Waals surface area contributed by atoms with Gasteiger partial charge in [0, 0.05) is 35.3 Å². The van der Waals surface area contributed by atoms with Gasteiger partial charge in [-0.1, -0.05) is 13.8 Å². The molecule has 196 valence electrons. The van der Waals surface area contributed by atoms with Crippen LogP contribution < -0.4 is 0 Å². The molecular weight excluding hydrogens is 452 g/mol. The van der Waals surface area contributed by atoms with Crippen molar-refractivity contribution in [3.8, 4) is 0 Å². The standard InChI is InChI=1S/C30H42N2O4/c1-19-5-7-25(21-11-15-33-17-21)31-23(19)9-13-29(3)27(31)35-30(4)14-10-24-20(2)6-8-26(22-12-16-34-18-22)32(24)28(30)36-29/h11-12,15-20,23-28H,5-10,13-14H2,1-4H3/t19-,20-,23-,24-,25-,26-,27-,28+,29-,30-/m1/s1. The highest BCUT2D eigenvalue weighted by molar-refractivity contribution is 5.19. The van der Waals surface area contributed by atoms with Gasteiger partial charge >= 0.3 is 0 Å². The number of nitrogens with zero attached hydrogens (tertiary/aromatic N) is 2. The summed E-state index contributed by atoms with van der Waals surface area (Å²) in [5.74, 6) is 1.33. The lowest BCUT2D eigenvalue weighted by molar-refractivity contribution is -0.402. The fraction of sp³-hybridized carbons (Fsp3) is 0.733. The lowest BCUT2D eigenvalue weighted by atomic mass is 9.72. The largest absolute Gasteiger partial charge is 0.472 e. The third-order valence-corrected chi connectivity index (χ3v) is 10.7. The van der Waals surface area contributed by atoms with Gasteiger partial charge in [0.05, 0.1) is 25.1 Å². The fourth-order valence-electron chi connectivity index (χ4n) is 8.58. The van der Waals surface area contributed by atoms with Crippen LogP contribution in [0.1, 0.15) is 102 Å². The number of hydrogen-bond donors (Lipinski definition) is 0. The van der Waals surface area contributed by atoms with Gasteiger partial charge in [0.2, 0.25) is 0 Å². The van der Waals surface area contributed by atoms with Gasteiger partial charge in [0.15, 0.2) is 0 Å². The highest BCUT2D eigenvalue weighted by Crippen LogP contribution is 2.56. The van der Waals surface area contributed by atoms with E-state index in [-0.39, 0.29) is 23.7 Å². The molecule has 0 saturated carbocycles. The van der Waals surface area contributed by atoms with Gasteiger partial charge in [0.25, 0.3) is 0 Å². The first-order chi connectivity index (χ1) is 17.4. The summed E-state index contributed by atoms with van der Waals surface area (Å²) in [6.45, 7) is 9.50. The Morgan fingerprint density at radius 3 is 1.50 bits per heavy atom. The monoisotopic (exact) mass is 494 g/mol. The van der Waals surface area contributed by atoms with E-state index < -0.39 is 0 Å². The summed E-state index contributed by atoms with van der Waals surface area (Å²) in [6, 6.07) is 5.98. The lowest BCUT2D eigenvalue weighted by Gasteiger charge is -2.67. The van der Waals surface area contributed by atoms with Gasteiger partial charge in [-0.3, -0.25) is 9.80 Å². The van der Waals surface area contributed by atoms with Crippen molar-refractivity contribution in [3.63, 3.8) is 0 Å². The molecule has 0 amide bonds. The molecule has 5 saturated heterocycles. The molecular formula is C30H42N2O4. The van der Waals surface area contributed by atoms with Crippen LogP contribution in [0.5, 0.6) is 0 Å². The van der Waals surface area contributed by atoms with E-state index in [9.17, 15) is 0 Å². The minimum atomic E-state index is -0.344. The first-order valence-electron chi connectivity index (χ1n) is 14.3. The first-order valence-corrected chi connectivity index (χ1v) is 14.3. The molecule has 0 N–H and O–H groups in total. The summed E-state index contributed by atoms with van der Waals surface area (Å²) in [7, 11) is 0. The van der Waals surface area contributed by atoms with E-state index in [1.165, 1.54) is 24.0 Å². The van der Waals surface area contributed by atoms with Crippen LogP contribution in [0, 0.1) is 11.8 Å². The van der Waals surface area contributed by atoms with Crippen molar-refractivity contribution in [2.45, 2.75) is 127 Å². The maximum Gasteiger partial charge on any atom is 0.141 e. The second-order valence-corrected chi connectivity index (χ2v) is 12.9. The van der Waals surface area contributed by atoms with Crippen LogP contribution in [0.15, 0.2) is 46.0 Å². The van der Waals surface area contributed by atoms with Crippen LogP contribution in [0.4, 0.5) is 0 Å². The highest BCUT2D eigenvalue weighted by Gasteiger charge is 2.63. The Morgan fingerprint density at radius 2 is 1.11 bits per heavy atom. The van der Waals surface area contributed by atoms with Crippen LogP contribution in [0.3, 0.4) is 0 Å². The van der Waals surface area contributed by atoms with Crippen LogP contribution in [0.25, 0.3) is 0 Å². The van der Waals surface area contributed by atoms with E-state index in [4.69, 9.17) is 18.3 Å². The average molecular weight is 495 g/mol. The minimum Gasteiger partial charge on any atom is -0.472 e. The van der Waals surface area contributed by atoms with Crippen LogP contribution in [-0.2, 0) is 9.47 Å². The molecule has 0 bridgehead atoms. The fourth-order valence-corrected chi connectivity index (χ4v) is 8.58. The van der Waals surface area contributed by atoms with E-state index in [1.807, 2.05) is 25.1 Å². The van der Waals surface area contributed by atoms with Crippen molar-refractivity contribution in [1.29, 1.82) is 0 Å². The predicted octanol–water partition coefficient (Wildman–Crippen LogP) is 6.66. The smallest absolute Gasteiger partial charge is 0.141 e. The van der Waals surface area contributed by atoms with Crippen molar-refractivity contribution in [2.75, 3.05) is 0 Å². The quantitative estimate of drug-likeness (QED) is 0.465. The molecule has 7 heterocycles. The van der Waals surface area contributed by atoms with Gasteiger partial charge in [-0.15, -0.1) is 0 Å². The third-order valence-electron chi connectivity index (χ3n) is 10.7. The Balaban J connectivity index is 1.26. The summed E-state index contributed by atoms with van der Waals surface area (Å²) >= 11 is 0. The second-order valence-electron chi connectivity index (χ2n) is 12.9. The minimum absolute atomic E-state index is 0.0497. The maximum atomic E-state index is 7.39. The van der Waals surface area contributed by atoms with Crippen LogP contribution >= 0.6 is 0 Å². The SMILES string of the molecule is C[C@@H]1CC[C@H](c2ccoc2)N2[C@@H]1CC[C@@]1(C)O[C@H]3N4[C@@H](c5ccoc5)CC[C@@H](C)[C@H]4CC[C@@]3(C)O[C@H]21. The molecule has 2 aromatic rings. The number of fused-ring (bicyclic) bond motifs is 6. The highest BCUT2D eigenvalue weighted by atomic mass is 16.6.